The summed E-state index contributed by atoms with van der Waals surface area (Å²) in [5, 5.41) is 20.8. The molecule has 2 N–H and O–H groups in total. The van der Waals surface area contributed by atoms with Crippen LogP contribution in [0.5, 0.6) is 34.5 Å². The maximum Gasteiger partial charge on any atom is 0.140 e. The number of hydrogen-bond donors (Lipinski definition) is 2. The van der Waals surface area contributed by atoms with Gasteiger partial charge in [0, 0.05) is 24.3 Å². The van der Waals surface area contributed by atoms with E-state index in [0.29, 0.717) is 49.4 Å². The van der Waals surface area contributed by atoms with Crippen LogP contribution in [-0.4, -0.2) is 36.6 Å². The van der Waals surface area contributed by atoms with Crippen molar-refractivity contribution in [2.75, 3.05) is 26.4 Å². The molecule has 0 saturated heterocycles. The molecule has 2 aromatic rings. The van der Waals surface area contributed by atoms with Gasteiger partial charge in [-0.15, -0.1) is 0 Å². The number of hydrogen-bond acceptors (Lipinski definition) is 7. The summed E-state index contributed by atoms with van der Waals surface area (Å²) >= 11 is 1.42. The summed E-state index contributed by atoms with van der Waals surface area (Å²) < 4.78 is 24.3. The first-order valence-corrected chi connectivity index (χ1v) is 13.8. The average Bonchev–Trinajstić information content (AvgIpc) is 2.83. The van der Waals surface area contributed by atoms with Crippen molar-refractivity contribution in [2.45, 2.75) is 88.9 Å². The lowest BCUT2D eigenvalue weighted by atomic mass is 10.3. The number of phenols is 2. The Balaban J connectivity index is 2.53. The first-order valence-electron chi connectivity index (χ1n) is 13.0. The summed E-state index contributed by atoms with van der Waals surface area (Å²) in [7, 11) is 0. The highest BCUT2D eigenvalue weighted by Gasteiger charge is 2.22. The fourth-order valence-electron chi connectivity index (χ4n) is 3.16. The topological polar surface area (TPSA) is 77.4 Å². The molecule has 0 atom stereocenters. The van der Waals surface area contributed by atoms with E-state index >= 15 is 0 Å². The highest BCUT2D eigenvalue weighted by Crippen LogP contribution is 2.51. The number of rotatable bonds is 18. The van der Waals surface area contributed by atoms with Crippen LogP contribution in [0.3, 0.4) is 0 Å². The van der Waals surface area contributed by atoms with Crippen LogP contribution in [0.4, 0.5) is 0 Å². The number of benzene rings is 2. The zero-order chi connectivity index (χ0) is 25.5. The van der Waals surface area contributed by atoms with Gasteiger partial charge in [-0.2, -0.15) is 0 Å². The van der Waals surface area contributed by atoms with Crippen LogP contribution in [0, 0.1) is 0 Å². The fraction of sp³-hybridized carbons (Fsp3) is 0.571. The molecule has 6 nitrogen and oxygen atoms in total. The Kier molecular flexibility index (Phi) is 13.4. The molecular weight excluding hydrogens is 464 g/mol. The Bertz CT molecular complexity index is 752. The number of phenolic OH excluding ortho intramolecular Hbond substituents is 2. The van der Waals surface area contributed by atoms with Gasteiger partial charge in [0.25, 0.3) is 0 Å². The first-order chi connectivity index (χ1) is 17.0. The Labute approximate surface area is 214 Å². The fourth-order valence-corrected chi connectivity index (χ4v) is 4.24. The van der Waals surface area contributed by atoms with E-state index in [1.807, 2.05) is 0 Å². The molecule has 0 saturated carbocycles. The quantitative estimate of drug-likeness (QED) is 0.199. The average molecular weight is 507 g/mol. The number of ether oxygens (including phenoxy) is 4. The highest BCUT2D eigenvalue weighted by molar-refractivity contribution is 7.99. The van der Waals surface area contributed by atoms with Crippen molar-refractivity contribution in [3.63, 3.8) is 0 Å². The minimum Gasteiger partial charge on any atom is -0.508 e. The number of aromatic hydroxyl groups is 2. The Morgan fingerprint density at radius 1 is 0.514 bits per heavy atom. The van der Waals surface area contributed by atoms with Crippen LogP contribution in [0.1, 0.15) is 79.1 Å². The zero-order valence-corrected chi connectivity index (χ0v) is 22.5. The molecule has 0 unspecified atom stereocenters. The largest absolute Gasteiger partial charge is 0.508 e. The van der Waals surface area contributed by atoms with Gasteiger partial charge >= 0.3 is 0 Å². The second kappa shape index (κ2) is 16.3. The van der Waals surface area contributed by atoms with Gasteiger partial charge < -0.3 is 29.2 Å². The molecule has 7 heteroatoms. The predicted molar refractivity (Wildman–Crippen MR) is 142 cm³/mol. The van der Waals surface area contributed by atoms with E-state index in [1.54, 1.807) is 24.3 Å². The standard InChI is InChI=1S/C28H42O6S/c1-5-9-13-31-23-17-21(29)18-24(32-14-10-6-2)27(23)35-28-25(33-15-11-7-3)19-22(30)20-26(28)34-16-12-8-4/h17-20,29-30H,5-16H2,1-4H3. The lowest BCUT2D eigenvalue weighted by Gasteiger charge is -2.20. The van der Waals surface area contributed by atoms with Crippen LogP contribution in [0.15, 0.2) is 34.1 Å². The van der Waals surface area contributed by atoms with Gasteiger partial charge in [0.1, 0.15) is 34.5 Å². The molecule has 0 spiro atoms. The van der Waals surface area contributed by atoms with Gasteiger partial charge in [-0.05, 0) is 25.7 Å². The summed E-state index contributed by atoms with van der Waals surface area (Å²) in [6.07, 6.45) is 7.63. The summed E-state index contributed by atoms with van der Waals surface area (Å²) in [6.45, 7) is 10.6. The summed E-state index contributed by atoms with van der Waals surface area (Å²) in [4.78, 5) is 1.50. The van der Waals surface area contributed by atoms with Crippen molar-refractivity contribution in [2.24, 2.45) is 0 Å². The maximum atomic E-state index is 10.4. The third-order valence-electron chi connectivity index (χ3n) is 5.24. The zero-order valence-electron chi connectivity index (χ0n) is 21.7. The Morgan fingerprint density at radius 2 is 0.771 bits per heavy atom. The van der Waals surface area contributed by atoms with E-state index in [2.05, 4.69) is 27.7 Å². The van der Waals surface area contributed by atoms with Crippen molar-refractivity contribution in [3.8, 4) is 34.5 Å². The van der Waals surface area contributed by atoms with E-state index in [0.717, 1.165) is 61.2 Å². The molecule has 0 amide bonds. The van der Waals surface area contributed by atoms with Gasteiger partial charge in [0.15, 0.2) is 0 Å². The smallest absolute Gasteiger partial charge is 0.140 e. The summed E-state index contributed by atoms with van der Waals surface area (Å²) in [6, 6.07) is 6.50. The van der Waals surface area contributed by atoms with Gasteiger partial charge in [-0.1, -0.05) is 65.1 Å². The van der Waals surface area contributed by atoms with Crippen molar-refractivity contribution < 1.29 is 29.2 Å². The minimum absolute atomic E-state index is 0.0943. The highest BCUT2D eigenvalue weighted by atomic mass is 32.2. The number of unbranched alkanes of at least 4 members (excludes halogenated alkanes) is 4. The molecule has 0 aliphatic rings. The monoisotopic (exact) mass is 506 g/mol. The van der Waals surface area contributed by atoms with E-state index < -0.39 is 0 Å². The van der Waals surface area contributed by atoms with Gasteiger partial charge in [0.2, 0.25) is 0 Å². The molecule has 196 valence electrons. The minimum atomic E-state index is 0.0943. The Morgan fingerprint density at radius 3 is 1.00 bits per heavy atom. The van der Waals surface area contributed by atoms with E-state index in [4.69, 9.17) is 18.9 Å². The van der Waals surface area contributed by atoms with E-state index in [9.17, 15) is 10.2 Å². The van der Waals surface area contributed by atoms with Crippen LogP contribution in [0.25, 0.3) is 0 Å². The normalized spacial score (nSPS) is 10.9. The van der Waals surface area contributed by atoms with Gasteiger partial charge in [0.05, 0.1) is 36.2 Å². The third-order valence-corrected chi connectivity index (χ3v) is 6.45. The Hall–Kier alpha value is -2.41. The molecule has 0 bridgehead atoms. The molecule has 0 aliphatic carbocycles. The van der Waals surface area contributed by atoms with Crippen molar-refractivity contribution >= 4 is 11.8 Å². The van der Waals surface area contributed by atoms with Crippen LogP contribution >= 0.6 is 11.8 Å². The van der Waals surface area contributed by atoms with Crippen molar-refractivity contribution in [1.29, 1.82) is 0 Å². The molecule has 0 radical (unpaired) electrons. The maximum absolute atomic E-state index is 10.4. The van der Waals surface area contributed by atoms with E-state index in [-0.39, 0.29) is 11.5 Å². The first kappa shape index (κ1) is 28.8. The molecule has 0 heterocycles. The molecule has 0 aliphatic heterocycles. The SMILES string of the molecule is CCCCOc1cc(O)cc(OCCCC)c1Sc1c(OCCCC)cc(O)cc1OCCCC. The second-order valence-electron chi connectivity index (χ2n) is 8.45. The third kappa shape index (κ3) is 9.63. The van der Waals surface area contributed by atoms with Crippen molar-refractivity contribution in [1.82, 2.24) is 0 Å². The molecule has 0 aromatic heterocycles. The van der Waals surface area contributed by atoms with Gasteiger partial charge in [-0.3, -0.25) is 0 Å². The molecule has 2 rings (SSSR count). The van der Waals surface area contributed by atoms with Crippen LogP contribution in [-0.2, 0) is 0 Å². The summed E-state index contributed by atoms with van der Waals surface area (Å²) in [5.41, 5.74) is 0. The van der Waals surface area contributed by atoms with Gasteiger partial charge in [-0.25, -0.2) is 0 Å². The van der Waals surface area contributed by atoms with Crippen LogP contribution < -0.4 is 18.9 Å². The molecule has 2 aromatic carbocycles. The lowest BCUT2D eigenvalue weighted by molar-refractivity contribution is 0.276. The lowest BCUT2D eigenvalue weighted by Crippen LogP contribution is -2.04. The predicted octanol–water partition coefficient (Wildman–Crippen LogP) is 7.96. The molecule has 0 fully saturated rings. The molecular formula is C28H42O6S. The second-order valence-corrected chi connectivity index (χ2v) is 9.47. The van der Waals surface area contributed by atoms with Crippen LogP contribution in [0.2, 0.25) is 0 Å². The van der Waals surface area contributed by atoms with Crippen molar-refractivity contribution in [3.05, 3.63) is 24.3 Å². The molecule has 35 heavy (non-hydrogen) atoms. The van der Waals surface area contributed by atoms with E-state index in [1.165, 1.54) is 11.8 Å². The summed E-state index contributed by atoms with van der Waals surface area (Å²) in [5.74, 6) is 2.42.